The normalized spacial score (nSPS) is 14.0. The summed E-state index contributed by atoms with van der Waals surface area (Å²) in [6.45, 7) is 0.0443. The fourth-order valence-electron chi connectivity index (χ4n) is 2.55. The van der Waals surface area contributed by atoms with Crippen LogP contribution in [0.15, 0.2) is 29.8 Å². The molecular formula is C15H11N3O3S. The number of aldehydes is 1. The smallest absolute Gasteiger partial charge is 0.264 e. The number of ether oxygens (including phenoxy) is 1. The van der Waals surface area contributed by atoms with Crippen LogP contribution in [0.3, 0.4) is 0 Å². The largest absolute Gasteiger partial charge is 0.482 e. The second-order valence-electron chi connectivity index (χ2n) is 4.94. The number of amides is 1. The average molecular weight is 313 g/mol. The van der Waals surface area contributed by atoms with Gasteiger partial charge in [0, 0.05) is 24.2 Å². The van der Waals surface area contributed by atoms with Gasteiger partial charge < -0.3 is 9.64 Å². The van der Waals surface area contributed by atoms with E-state index in [1.807, 2.05) is 23.7 Å². The van der Waals surface area contributed by atoms with Crippen LogP contribution >= 0.6 is 11.3 Å². The number of likely N-dealkylation sites (N-methyl/N-ethyl adjacent to an activating group) is 1. The minimum absolute atomic E-state index is 0.0443. The molecular weight excluding hydrogens is 302 g/mol. The Morgan fingerprint density at radius 3 is 3.09 bits per heavy atom. The van der Waals surface area contributed by atoms with Crippen LogP contribution in [0.1, 0.15) is 10.5 Å². The Kier molecular flexibility index (Phi) is 2.77. The molecule has 3 heterocycles. The number of benzene rings is 1. The first-order valence-corrected chi connectivity index (χ1v) is 7.51. The van der Waals surface area contributed by atoms with E-state index in [-0.39, 0.29) is 12.5 Å². The zero-order chi connectivity index (χ0) is 15.3. The third-order valence-electron chi connectivity index (χ3n) is 3.73. The maximum absolute atomic E-state index is 11.8. The highest BCUT2D eigenvalue weighted by Gasteiger charge is 2.24. The maximum atomic E-state index is 11.8. The van der Waals surface area contributed by atoms with Crippen LogP contribution < -0.4 is 9.64 Å². The number of nitrogens with zero attached hydrogens (tertiary/aromatic N) is 3. The molecule has 0 atom stereocenters. The van der Waals surface area contributed by atoms with E-state index in [1.165, 1.54) is 11.3 Å². The van der Waals surface area contributed by atoms with Crippen molar-refractivity contribution in [2.45, 2.75) is 0 Å². The van der Waals surface area contributed by atoms with Gasteiger partial charge in [0.2, 0.25) is 0 Å². The zero-order valence-electron chi connectivity index (χ0n) is 11.6. The van der Waals surface area contributed by atoms with Crippen molar-refractivity contribution < 1.29 is 14.3 Å². The lowest BCUT2D eigenvalue weighted by Gasteiger charge is -2.26. The van der Waals surface area contributed by atoms with Gasteiger partial charge in [-0.25, -0.2) is 4.98 Å². The molecule has 22 heavy (non-hydrogen) atoms. The van der Waals surface area contributed by atoms with E-state index in [0.717, 1.165) is 16.8 Å². The van der Waals surface area contributed by atoms with Crippen molar-refractivity contribution in [3.05, 3.63) is 35.5 Å². The predicted octanol–water partition coefficient (Wildman–Crippen LogP) is 2.23. The zero-order valence-corrected chi connectivity index (χ0v) is 12.5. The summed E-state index contributed by atoms with van der Waals surface area (Å²) in [5.41, 5.74) is 2.57. The van der Waals surface area contributed by atoms with Gasteiger partial charge in [0.15, 0.2) is 17.9 Å². The Morgan fingerprint density at radius 1 is 1.41 bits per heavy atom. The Labute approximate surface area is 129 Å². The van der Waals surface area contributed by atoms with E-state index >= 15 is 0 Å². The first kappa shape index (κ1) is 13.0. The summed E-state index contributed by atoms with van der Waals surface area (Å²) in [4.78, 5) is 30.0. The van der Waals surface area contributed by atoms with Gasteiger partial charge in [-0.1, -0.05) is 0 Å². The van der Waals surface area contributed by atoms with Gasteiger partial charge in [0.05, 0.1) is 5.69 Å². The molecule has 6 nitrogen and oxygen atoms in total. The Balaban J connectivity index is 1.90. The molecule has 1 aliphatic heterocycles. The fourth-order valence-corrected chi connectivity index (χ4v) is 3.27. The van der Waals surface area contributed by atoms with Gasteiger partial charge in [0.25, 0.3) is 5.91 Å². The summed E-state index contributed by atoms with van der Waals surface area (Å²) in [5, 5.41) is 1.88. The molecule has 0 saturated carbocycles. The van der Waals surface area contributed by atoms with Crippen LogP contribution in [-0.4, -0.2) is 35.2 Å². The van der Waals surface area contributed by atoms with E-state index < -0.39 is 0 Å². The molecule has 0 fully saturated rings. The number of aromatic nitrogens is 2. The van der Waals surface area contributed by atoms with Crippen LogP contribution in [0.2, 0.25) is 0 Å². The number of imidazole rings is 1. The molecule has 1 aliphatic rings. The fraction of sp³-hybridized carbons (Fsp3) is 0.133. The van der Waals surface area contributed by atoms with E-state index in [2.05, 4.69) is 4.98 Å². The van der Waals surface area contributed by atoms with Gasteiger partial charge in [-0.15, -0.1) is 11.3 Å². The maximum Gasteiger partial charge on any atom is 0.264 e. The van der Waals surface area contributed by atoms with Crippen molar-refractivity contribution >= 4 is 34.2 Å². The lowest BCUT2D eigenvalue weighted by atomic mass is 10.1. The minimum Gasteiger partial charge on any atom is -0.482 e. The number of anilines is 1. The number of thiazole rings is 1. The molecule has 0 bridgehead atoms. The molecule has 1 amide bonds. The summed E-state index contributed by atoms with van der Waals surface area (Å²) >= 11 is 1.47. The lowest BCUT2D eigenvalue weighted by molar-refractivity contribution is -0.120. The second-order valence-corrected chi connectivity index (χ2v) is 5.82. The van der Waals surface area contributed by atoms with Crippen LogP contribution in [0.4, 0.5) is 5.69 Å². The monoisotopic (exact) mass is 313 g/mol. The Hall–Kier alpha value is -2.67. The van der Waals surface area contributed by atoms with Crippen molar-refractivity contribution in [1.82, 2.24) is 9.38 Å². The first-order chi connectivity index (χ1) is 10.7. The molecule has 0 N–H and O–H groups in total. The Morgan fingerprint density at radius 2 is 2.27 bits per heavy atom. The standard InChI is InChI=1S/C15H11N3O3S/c1-17-10-6-9(2-3-12(10)21-8-13(17)20)14-11(7-19)18-4-5-22-15(18)16-14/h2-7H,8H2,1H3. The molecule has 3 aromatic rings. The summed E-state index contributed by atoms with van der Waals surface area (Å²) in [7, 11) is 1.71. The van der Waals surface area contributed by atoms with Crippen LogP contribution in [0.25, 0.3) is 16.2 Å². The van der Waals surface area contributed by atoms with Gasteiger partial charge in [-0.2, -0.15) is 0 Å². The lowest BCUT2D eigenvalue weighted by Crippen LogP contribution is -2.35. The molecule has 0 radical (unpaired) electrons. The highest BCUT2D eigenvalue weighted by molar-refractivity contribution is 7.15. The van der Waals surface area contributed by atoms with Gasteiger partial charge >= 0.3 is 0 Å². The molecule has 0 saturated heterocycles. The highest BCUT2D eigenvalue weighted by Crippen LogP contribution is 2.36. The second kappa shape index (κ2) is 4.67. The van der Waals surface area contributed by atoms with Crippen LogP contribution in [0, 0.1) is 0 Å². The van der Waals surface area contributed by atoms with Crippen molar-refractivity contribution in [3.63, 3.8) is 0 Å². The van der Waals surface area contributed by atoms with E-state index in [1.54, 1.807) is 22.4 Å². The quantitative estimate of drug-likeness (QED) is 0.681. The molecule has 4 rings (SSSR count). The molecule has 110 valence electrons. The van der Waals surface area contributed by atoms with E-state index in [4.69, 9.17) is 4.74 Å². The summed E-state index contributed by atoms with van der Waals surface area (Å²) in [6, 6.07) is 5.48. The minimum atomic E-state index is -0.105. The summed E-state index contributed by atoms with van der Waals surface area (Å²) < 4.78 is 7.17. The van der Waals surface area contributed by atoms with Crippen LogP contribution in [-0.2, 0) is 4.79 Å². The summed E-state index contributed by atoms with van der Waals surface area (Å²) in [5.74, 6) is 0.547. The number of rotatable bonds is 2. The topological polar surface area (TPSA) is 63.9 Å². The van der Waals surface area contributed by atoms with E-state index in [9.17, 15) is 9.59 Å². The molecule has 0 spiro atoms. The van der Waals surface area contributed by atoms with Crippen LogP contribution in [0.5, 0.6) is 5.75 Å². The highest BCUT2D eigenvalue weighted by atomic mass is 32.1. The van der Waals surface area contributed by atoms with Gasteiger partial charge in [0.1, 0.15) is 17.1 Å². The number of fused-ring (bicyclic) bond motifs is 2. The van der Waals surface area contributed by atoms with Gasteiger partial charge in [-0.3, -0.25) is 14.0 Å². The number of carbonyl (C=O) groups is 2. The third kappa shape index (κ3) is 1.75. The third-order valence-corrected chi connectivity index (χ3v) is 4.49. The SMILES string of the molecule is CN1C(=O)COc2ccc(-c3nc4sccn4c3C=O)cc21. The van der Waals surface area contributed by atoms with Crippen molar-refractivity contribution in [2.24, 2.45) is 0 Å². The number of hydrogen-bond acceptors (Lipinski definition) is 5. The Bertz CT molecular complexity index is 912. The first-order valence-electron chi connectivity index (χ1n) is 6.63. The predicted molar refractivity (Wildman–Crippen MR) is 82.8 cm³/mol. The molecule has 7 heteroatoms. The molecule has 0 unspecified atom stereocenters. The van der Waals surface area contributed by atoms with Crippen molar-refractivity contribution in [1.29, 1.82) is 0 Å². The molecule has 2 aromatic heterocycles. The van der Waals surface area contributed by atoms with Gasteiger partial charge in [-0.05, 0) is 18.2 Å². The molecule has 1 aromatic carbocycles. The van der Waals surface area contributed by atoms with Crippen molar-refractivity contribution in [2.75, 3.05) is 18.6 Å². The summed E-state index contributed by atoms with van der Waals surface area (Å²) in [6.07, 6.45) is 2.62. The number of hydrogen-bond donors (Lipinski definition) is 0. The van der Waals surface area contributed by atoms with E-state index in [0.29, 0.717) is 22.8 Å². The average Bonchev–Trinajstić information content (AvgIpc) is 3.11. The number of carbonyl (C=O) groups excluding carboxylic acids is 2. The molecule has 0 aliphatic carbocycles. The van der Waals surface area contributed by atoms with Crippen molar-refractivity contribution in [3.8, 4) is 17.0 Å².